The topological polar surface area (TPSA) is 79.4 Å². The van der Waals surface area contributed by atoms with Crippen molar-refractivity contribution in [2.75, 3.05) is 20.2 Å². The molecule has 0 amide bonds. The minimum atomic E-state index is -0.450. The molecule has 1 aromatic rings. The van der Waals surface area contributed by atoms with Gasteiger partial charge in [0.2, 0.25) is 0 Å². The Morgan fingerprint density at radius 1 is 1.53 bits per heavy atom. The van der Waals surface area contributed by atoms with Gasteiger partial charge >= 0.3 is 5.69 Å². The Balaban J connectivity index is 2.87. The molecule has 0 N–H and O–H groups in total. The number of nitro groups is 1. The number of rotatable bonds is 7. The quantitative estimate of drug-likeness (QED) is 0.557. The first-order chi connectivity index (χ1) is 9.12. The van der Waals surface area contributed by atoms with Crippen LogP contribution in [0, 0.1) is 21.4 Å². The fourth-order valence-corrected chi connectivity index (χ4v) is 1.79. The molecule has 1 rings (SSSR count). The molecule has 0 heterocycles. The van der Waals surface area contributed by atoms with Gasteiger partial charge in [0, 0.05) is 25.6 Å². The molecule has 0 saturated carbocycles. The van der Waals surface area contributed by atoms with Crippen LogP contribution in [0.15, 0.2) is 18.2 Å². The van der Waals surface area contributed by atoms with Gasteiger partial charge in [0.05, 0.1) is 18.1 Å². The van der Waals surface area contributed by atoms with Crippen molar-refractivity contribution in [1.29, 1.82) is 5.26 Å². The lowest BCUT2D eigenvalue weighted by Gasteiger charge is -2.18. The molecule has 6 heteroatoms. The number of methoxy groups -OCH3 is 1. The minimum absolute atomic E-state index is 0.0312. The summed E-state index contributed by atoms with van der Waals surface area (Å²) in [6, 6.07) is 7.03. The van der Waals surface area contributed by atoms with Crippen molar-refractivity contribution in [1.82, 2.24) is 4.90 Å². The highest BCUT2D eigenvalue weighted by molar-refractivity contribution is 5.48. The average Bonchev–Trinajstić information content (AvgIpc) is 2.43. The second-order valence-corrected chi connectivity index (χ2v) is 4.04. The zero-order valence-electron chi connectivity index (χ0n) is 11.1. The van der Waals surface area contributed by atoms with Gasteiger partial charge in [0.1, 0.15) is 0 Å². The summed E-state index contributed by atoms with van der Waals surface area (Å²) < 4.78 is 4.96. The minimum Gasteiger partial charge on any atom is -0.490 e. The van der Waals surface area contributed by atoms with Gasteiger partial charge in [0.15, 0.2) is 5.75 Å². The van der Waals surface area contributed by atoms with Gasteiger partial charge < -0.3 is 4.74 Å². The summed E-state index contributed by atoms with van der Waals surface area (Å²) in [5.74, 6) is 0.258. The van der Waals surface area contributed by atoms with Crippen LogP contribution in [-0.2, 0) is 6.54 Å². The van der Waals surface area contributed by atoms with Crippen LogP contribution in [0.1, 0.15) is 18.9 Å². The molecule has 19 heavy (non-hydrogen) atoms. The van der Waals surface area contributed by atoms with Crippen molar-refractivity contribution < 1.29 is 9.66 Å². The summed E-state index contributed by atoms with van der Waals surface area (Å²) in [6.45, 7) is 4.03. The summed E-state index contributed by atoms with van der Waals surface area (Å²) in [5.41, 5.74) is 0.809. The van der Waals surface area contributed by atoms with E-state index in [-0.39, 0.29) is 11.4 Å². The van der Waals surface area contributed by atoms with Gasteiger partial charge in [-0.05, 0) is 18.2 Å². The largest absolute Gasteiger partial charge is 0.490 e. The van der Waals surface area contributed by atoms with Crippen LogP contribution >= 0.6 is 0 Å². The maximum Gasteiger partial charge on any atom is 0.311 e. The summed E-state index contributed by atoms with van der Waals surface area (Å²) in [5, 5.41) is 19.5. The van der Waals surface area contributed by atoms with Gasteiger partial charge in [-0.2, -0.15) is 5.26 Å². The Labute approximate surface area is 112 Å². The van der Waals surface area contributed by atoms with E-state index >= 15 is 0 Å². The van der Waals surface area contributed by atoms with Crippen molar-refractivity contribution in [3.8, 4) is 11.8 Å². The Kier molecular flexibility index (Phi) is 5.76. The number of nitriles is 1. The molecule has 0 aliphatic rings. The molecular formula is C13H17N3O3. The lowest BCUT2D eigenvalue weighted by molar-refractivity contribution is -0.385. The number of nitrogens with zero attached hydrogens (tertiary/aromatic N) is 3. The molecule has 102 valence electrons. The maximum absolute atomic E-state index is 10.9. The fraction of sp³-hybridized carbons (Fsp3) is 0.462. The molecule has 0 bridgehead atoms. The van der Waals surface area contributed by atoms with E-state index in [1.807, 2.05) is 6.92 Å². The molecule has 0 unspecified atom stereocenters. The van der Waals surface area contributed by atoms with E-state index in [4.69, 9.17) is 10.00 Å². The van der Waals surface area contributed by atoms with Gasteiger partial charge in [-0.3, -0.25) is 15.0 Å². The maximum atomic E-state index is 10.9. The lowest BCUT2D eigenvalue weighted by atomic mass is 10.1. The van der Waals surface area contributed by atoms with E-state index < -0.39 is 4.92 Å². The molecular weight excluding hydrogens is 246 g/mol. The third-order valence-electron chi connectivity index (χ3n) is 2.83. The lowest BCUT2D eigenvalue weighted by Crippen LogP contribution is -2.23. The standard InChI is InChI=1S/C13H17N3O3/c1-3-15(8-4-7-14)10-11-5-6-13(19-2)12(9-11)16(17)18/h5-6,9H,3-4,8,10H2,1-2H3. The van der Waals surface area contributed by atoms with Crippen LogP contribution in [-0.4, -0.2) is 30.0 Å². The molecule has 0 fully saturated rings. The summed E-state index contributed by atoms with van der Waals surface area (Å²) in [4.78, 5) is 12.5. The molecule has 0 atom stereocenters. The predicted molar refractivity (Wildman–Crippen MR) is 70.8 cm³/mol. The molecule has 1 aromatic carbocycles. The van der Waals surface area contributed by atoms with Gasteiger partial charge in [-0.25, -0.2) is 0 Å². The molecule has 0 aliphatic heterocycles. The number of benzene rings is 1. The average molecular weight is 263 g/mol. The second kappa shape index (κ2) is 7.34. The molecule has 0 radical (unpaired) electrons. The molecule has 0 saturated heterocycles. The van der Waals surface area contributed by atoms with E-state index in [0.29, 0.717) is 19.5 Å². The summed E-state index contributed by atoms with van der Waals surface area (Å²) >= 11 is 0. The van der Waals surface area contributed by atoms with Gasteiger partial charge in [0.25, 0.3) is 0 Å². The van der Waals surface area contributed by atoms with Crippen LogP contribution in [0.25, 0.3) is 0 Å². The monoisotopic (exact) mass is 263 g/mol. The zero-order valence-corrected chi connectivity index (χ0v) is 11.1. The highest BCUT2D eigenvalue weighted by Gasteiger charge is 2.15. The number of nitro benzene ring substituents is 1. The van der Waals surface area contributed by atoms with Gasteiger partial charge in [-0.1, -0.05) is 13.0 Å². The third kappa shape index (κ3) is 4.23. The highest BCUT2D eigenvalue weighted by Crippen LogP contribution is 2.27. The number of hydrogen-bond donors (Lipinski definition) is 0. The fourth-order valence-electron chi connectivity index (χ4n) is 1.79. The van der Waals surface area contributed by atoms with Crippen molar-refractivity contribution in [2.24, 2.45) is 0 Å². The molecule has 6 nitrogen and oxygen atoms in total. The Bertz CT molecular complexity index is 483. The SMILES string of the molecule is CCN(CCC#N)Cc1ccc(OC)c([N+](=O)[O-])c1. The third-order valence-corrected chi connectivity index (χ3v) is 2.83. The molecule has 0 aromatic heterocycles. The van der Waals surface area contributed by atoms with Crippen molar-refractivity contribution in [3.05, 3.63) is 33.9 Å². The van der Waals surface area contributed by atoms with Crippen molar-refractivity contribution in [2.45, 2.75) is 19.9 Å². The van der Waals surface area contributed by atoms with E-state index in [1.165, 1.54) is 13.2 Å². The zero-order chi connectivity index (χ0) is 14.3. The Hall–Kier alpha value is -2.13. The van der Waals surface area contributed by atoms with Crippen LogP contribution in [0.3, 0.4) is 0 Å². The van der Waals surface area contributed by atoms with Crippen LogP contribution in [0.4, 0.5) is 5.69 Å². The predicted octanol–water partition coefficient (Wildman–Crippen LogP) is 2.34. The Morgan fingerprint density at radius 2 is 2.26 bits per heavy atom. The number of ether oxygens (including phenoxy) is 1. The first-order valence-corrected chi connectivity index (χ1v) is 6.03. The van der Waals surface area contributed by atoms with Crippen molar-refractivity contribution >= 4 is 5.69 Å². The van der Waals surface area contributed by atoms with E-state index in [9.17, 15) is 10.1 Å². The molecule has 0 aliphatic carbocycles. The first-order valence-electron chi connectivity index (χ1n) is 6.03. The second-order valence-electron chi connectivity index (χ2n) is 4.04. The Morgan fingerprint density at radius 3 is 2.79 bits per heavy atom. The smallest absolute Gasteiger partial charge is 0.311 e. The van der Waals surface area contributed by atoms with Crippen LogP contribution in [0.5, 0.6) is 5.75 Å². The first kappa shape index (κ1) is 14.9. The molecule has 0 spiro atoms. The van der Waals surface area contributed by atoms with Gasteiger partial charge in [-0.15, -0.1) is 0 Å². The van der Waals surface area contributed by atoms with Crippen molar-refractivity contribution in [3.63, 3.8) is 0 Å². The van der Waals surface area contributed by atoms with Crippen LogP contribution in [0.2, 0.25) is 0 Å². The highest BCUT2D eigenvalue weighted by atomic mass is 16.6. The summed E-state index contributed by atoms with van der Waals surface area (Å²) in [6.07, 6.45) is 0.450. The van der Waals surface area contributed by atoms with E-state index in [2.05, 4.69) is 11.0 Å². The number of hydrogen-bond acceptors (Lipinski definition) is 5. The van der Waals surface area contributed by atoms with E-state index in [0.717, 1.165) is 12.1 Å². The normalized spacial score (nSPS) is 10.2. The van der Waals surface area contributed by atoms with E-state index in [1.54, 1.807) is 12.1 Å². The van der Waals surface area contributed by atoms with Crippen LogP contribution < -0.4 is 4.74 Å². The summed E-state index contributed by atoms with van der Waals surface area (Å²) in [7, 11) is 1.41.